The van der Waals surface area contributed by atoms with Crippen LogP contribution in [0.1, 0.15) is 83.1 Å². The van der Waals surface area contributed by atoms with Crippen molar-refractivity contribution >= 4 is 29.4 Å². The number of esters is 1. The average molecular weight is 762 g/mol. The number of hydrogen-bond donors (Lipinski definition) is 1. The summed E-state index contributed by atoms with van der Waals surface area (Å²) in [5.74, 6) is -2.35. The highest BCUT2D eigenvalue weighted by atomic mass is 35.5. The fraction of sp³-hybridized carbons (Fsp3) is 0.457. The zero-order valence-electron chi connectivity index (χ0n) is 29.2. The minimum absolute atomic E-state index is 0.00121. The second kappa shape index (κ2) is 14.1. The Morgan fingerprint density at radius 3 is 2.42 bits per heavy atom. The van der Waals surface area contributed by atoms with Gasteiger partial charge in [-0.3, -0.25) is 14.5 Å². The van der Waals surface area contributed by atoms with Crippen molar-refractivity contribution in [2.45, 2.75) is 83.7 Å². The highest BCUT2D eigenvalue weighted by Gasteiger charge is 2.59. The Kier molecular flexibility index (Phi) is 10.1. The van der Waals surface area contributed by atoms with Gasteiger partial charge in [0.1, 0.15) is 18.6 Å². The van der Waals surface area contributed by atoms with E-state index in [0.717, 1.165) is 37.9 Å². The second-order valence-electron chi connectivity index (χ2n) is 14.3. The third kappa shape index (κ3) is 7.48. The Hall–Kier alpha value is -4.93. The topological polar surface area (TPSA) is 146 Å². The van der Waals surface area contributed by atoms with Gasteiger partial charge in [-0.1, -0.05) is 69.6 Å². The normalized spacial score (nSPS) is 18.6. The summed E-state index contributed by atoms with van der Waals surface area (Å²) in [5.41, 5.74) is 3.33. The molecular formula is C35H37ClF5N9O3. The Morgan fingerprint density at radius 1 is 1.09 bits per heavy atom. The molecule has 1 aliphatic carbocycles. The lowest BCUT2D eigenvalue weighted by atomic mass is 9.74. The molecule has 2 aliphatic rings. The Morgan fingerprint density at radius 2 is 1.79 bits per heavy atom. The molecule has 12 nitrogen and oxygen atoms in total. The molecule has 0 bridgehead atoms. The minimum atomic E-state index is -4.75. The number of guanidine groups is 1. The van der Waals surface area contributed by atoms with E-state index in [9.17, 15) is 31.5 Å². The van der Waals surface area contributed by atoms with E-state index in [1.165, 1.54) is 30.3 Å². The number of benzene rings is 2. The Balaban J connectivity index is 1.44. The molecule has 2 N–H and O–H groups in total. The minimum Gasteiger partial charge on any atom is -0.463 e. The first-order valence-corrected chi connectivity index (χ1v) is 17.2. The monoisotopic (exact) mass is 761 g/mol. The molecule has 1 fully saturated rings. The molecule has 6 rings (SSSR count). The van der Waals surface area contributed by atoms with E-state index in [2.05, 4.69) is 25.3 Å². The van der Waals surface area contributed by atoms with E-state index in [1.54, 1.807) is 37.0 Å². The Bertz CT molecular complexity index is 2030. The summed E-state index contributed by atoms with van der Waals surface area (Å²) in [6, 6.07) is 9.38. The van der Waals surface area contributed by atoms with Gasteiger partial charge in [-0.15, -0.1) is 0 Å². The molecule has 3 heterocycles. The number of hydrogen-bond acceptors (Lipinski definition) is 9. The van der Waals surface area contributed by atoms with Gasteiger partial charge in [0, 0.05) is 17.5 Å². The van der Waals surface area contributed by atoms with Crippen molar-refractivity contribution in [2.75, 3.05) is 6.61 Å². The number of halogens is 6. The number of amides is 1. The van der Waals surface area contributed by atoms with Crippen LogP contribution in [0.3, 0.4) is 0 Å². The van der Waals surface area contributed by atoms with E-state index >= 15 is 0 Å². The van der Waals surface area contributed by atoms with Crippen LogP contribution < -0.4 is 5.73 Å². The van der Waals surface area contributed by atoms with Crippen LogP contribution in [0.15, 0.2) is 60.0 Å². The fourth-order valence-electron chi connectivity index (χ4n) is 6.24. The van der Waals surface area contributed by atoms with Crippen LogP contribution in [0.5, 0.6) is 0 Å². The molecule has 53 heavy (non-hydrogen) atoms. The maximum Gasteiger partial charge on any atom is 0.394 e. The largest absolute Gasteiger partial charge is 0.463 e. The van der Waals surface area contributed by atoms with Crippen LogP contribution in [-0.2, 0) is 19.9 Å². The molecule has 4 aromatic rings. The average Bonchev–Trinajstić information content (AvgIpc) is 3.49. The Labute approximate surface area is 306 Å². The quantitative estimate of drug-likeness (QED) is 0.111. The maximum absolute atomic E-state index is 14.9. The van der Waals surface area contributed by atoms with E-state index < -0.39 is 60.6 Å². The van der Waals surface area contributed by atoms with E-state index in [-0.39, 0.29) is 45.9 Å². The van der Waals surface area contributed by atoms with Gasteiger partial charge in [0.05, 0.1) is 28.7 Å². The van der Waals surface area contributed by atoms with Gasteiger partial charge < -0.3 is 10.5 Å². The zero-order chi connectivity index (χ0) is 38.5. The number of rotatable bonds is 13. The first-order valence-electron chi connectivity index (χ1n) is 16.8. The fourth-order valence-corrected chi connectivity index (χ4v) is 6.45. The number of aromatic nitrogens is 6. The summed E-state index contributed by atoms with van der Waals surface area (Å²) < 4.78 is 77.2. The molecule has 2 aromatic carbocycles. The molecule has 1 aliphatic heterocycles. The lowest BCUT2D eigenvalue weighted by molar-refractivity contribution is -0.218. The van der Waals surface area contributed by atoms with Crippen molar-refractivity contribution in [2.24, 2.45) is 22.1 Å². The third-order valence-corrected chi connectivity index (χ3v) is 9.62. The molecule has 0 radical (unpaired) electrons. The van der Waals surface area contributed by atoms with Crippen LogP contribution in [0, 0.1) is 11.3 Å². The van der Waals surface area contributed by atoms with Gasteiger partial charge in [0.2, 0.25) is 0 Å². The number of nitrogens with two attached hydrogens (primary N) is 1. The van der Waals surface area contributed by atoms with Crippen LogP contribution >= 0.6 is 11.6 Å². The summed E-state index contributed by atoms with van der Waals surface area (Å²) in [7, 11) is 0. The van der Waals surface area contributed by atoms with Gasteiger partial charge >= 0.3 is 18.7 Å². The molecular weight excluding hydrogens is 725 g/mol. The van der Waals surface area contributed by atoms with Crippen LogP contribution in [-0.4, -0.2) is 65.3 Å². The molecule has 2 atom stereocenters. The van der Waals surface area contributed by atoms with Gasteiger partial charge in [0.15, 0.2) is 17.3 Å². The second-order valence-corrected chi connectivity index (χ2v) is 14.7. The van der Waals surface area contributed by atoms with Crippen molar-refractivity contribution in [3.8, 4) is 22.6 Å². The predicted molar refractivity (Wildman–Crippen MR) is 183 cm³/mol. The summed E-state index contributed by atoms with van der Waals surface area (Å²) in [6.07, 6.45) is -1.12. The van der Waals surface area contributed by atoms with Crippen molar-refractivity contribution in [1.82, 2.24) is 34.7 Å². The molecule has 0 unspecified atom stereocenters. The SMILES string of the molecule is CC(C)CC(=O)OC[C@H](c1ccc(Cl)c(-c2ncnn2C(F)F)c1)N1C(=O)[C@@](CC(C)(C)C(F)(F)F)(c2ccc(-c3cnn(C4CC4)n3)cc2)N=C1N. The van der Waals surface area contributed by atoms with Crippen molar-refractivity contribution in [3.63, 3.8) is 0 Å². The highest BCUT2D eigenvalue weighted by molar-refractivity contribution is 6.33. The molecule has 282 valence electrons. The first kappa shape index (κ1) is 37.8. The number of carbonyl (C=O) groups is 2. The van der Waals surface area contributed by atoms with Crippen molar-refractivity contribution in [1.29, 1.82) is 0 Å². The molecule has 1 amide bonds. The molecule has 18 heteroatoms. The summed E-state index contributed by atoms with van der Waals surface area (Å²) >= 11 is 6.43. The van der Waals surface area contributed by atoms with Crippen LogP contribution in [0.2, 0.25) is 5.02 Å². The predicted octanol–water partition coefficient (Wildman–Crippen LogP) is 7.25. The highest BCUT2D eigenvalue weighted by Crippen LogP contribution is 2.51. The zero-order valence-corrected chi connectivity index (χ0v) is 29.9. The molecule has 2 aromatic heterocycles. The molecule has 1 saturated carbocycles. The van der Waals surface area contributed by atoms with Gasteiger partial charge in [-0.05, 0) is 48.4 Å². The van der Waals surface area contributed by atoms with Crippen LogP contribution in [0.25, 0.3) is 22.6 Å². The lowest BCUT2D eigenvalue weighted by Gasteiger charge is -2.37. The van der Waals surface area contributed by atoms with E-state index in [0.29, 0.717) is 15.9 Å². The summed E-state index contributed by atoms with van der Waals surface area (Å²) in [4.78, 5) is 38.7. The number of carbonyl (C=O) groups excluding carboxylic acids is 2. The molecule has 0 saturated heterocycles. The van der Waals surface area contributed by atoms with E-state index in [1.807, 2.05) is 0 Å². The maximum atomic E-state index is 14.9. The smallest absolute Gasteiger partial charge is 0.394 e. The van der Waals surface area contributed by atoms with Gasteiger partial charge in [-0.25, -0.2) is 9.98 Å². The van der Waals surface area contributed by atoms with Crippen molar-refractivity contribution < 1.29 is 36.3 Å². The van der Waals surface area contributed by atoms with Crippen molar-refractivity contribution in [3.05, 3.63) is 71.1 Å². The summed E-state index contributed by atoms with van der Waals surface area (Å²) in [5, 5.41) is 12.4. The lowest BCUT2D eigenvalue weighted by Crippen LogP contribution is -2.49. The summed E-state index contributed by atoms with van der Waals surface area (Å²) in [6.45, 7) is 1.96. The van der Waals surface area contributed by atoms with Gasteiger partial charge in [0.25, 0.3) is 5.91 Å². The number of aliphatic imine (C=N–C) groups is 1. The standard InChI is InChI=1S/C35H37ClF5N9O3/c1-19(2)13-28(51)53-16-27(21-7-12-25(36)24(14-21)29-43-18-45-49(29)31(37)38)48-30(52)34(46-32(48)42,17-33(3,4)35(39,40)41)22-8-5-20(6-9-22)26-15-44-50(47-26)23-10-11-23/h5-9,12,14-15,18-19,23,27,31H,10-11,13,16-17H2,1-4H3,(H2,42,46)/t27-,34-/m1/s1. The molecule has 0 spiro atoms. The van der Waals surface area contributed by atoms with Crippen LogP contribution in [0.4, 0.5) is 22.0 Å². The third-order valence-electron chi connectivity index (χ3n) is 9.29. The first-order chi connectivity index (χ1) is 24.9. The van der Waals surface area contributed by atoms with E-state index in [4.69, 9.17) is 22.1 Å². The number of nitrogens with zero attached hydrogens (tertiary/aromatic N) is 8. The van der Waals surface area contributed by atoms with Gasteiger partial charge in [-0.2, -0.15) is 46.7 Å². The number of ether oxygens (including phenoxy) is 1. The number of alkyl halides is 5.